The Morgan fingerprint density at radius 1 is 0.926 bits per heavy atom. The molecule has 0 bridgehead atoms. The van der Waals surface area contributed by atoms with Crippen molar-refractivity contribution in [1.82, 2.24) is 9.36 Å². The maximum absolute atomic E-state index is 13.4. The van der Waals surface area contributed by atoms with E-state index in [0.717, 1.165) is 16.9 Å². The number of thioether (sulfide) groups is 1. The Bertz CT molecular complexity index is 1040. The zero-order valence-corrected chi connectivity index (χ0v) is 16.3. The van der Waals surface area contributed by atoms with Crippen LogP contribution in [0.2, 0.25) is 0 Å². The molecular weight excluding hydrogens is 358 g/mol. The predicted octanol–water partition coefficient (Wildman–Crippen LogP) is 3.65. The molecule has 1 aliphatic rings. The van der Waals surface area contributed by atoms with Crippen LogP contribution >= 0.6 is 11.8 Å². The molecule has 5 nitrogen and oxygen atoms in total. The maximum Gasteiger partial charge on any atom is 0.295 e. The van der Waals surface area contributed by atoms with Gasteiger partial charge in [-0.25, -0.2) is 4.68 Å². The zero-order valence-electron chi connectivity index (χ0n) is 15.5. The molecule has 27 heavy (non-hydrogen) atoms. The number of benzene rings is 2. The maximum atomic E-state index is 13.4. The second-order valence-electron chi connectivity index (χ2n) is 6.66. The molecule has 2 aromatic carbocycles. The summed E-state index contributed by atoms with van der Waals surface area (Å²) in [5.74, 6) is -0.0279. The number of carbonyl (C=O) groups is 1. The topological polar surface area (TPSA) is 47.2 Å². The van der Waals surface area contributed by atoms with Gasteiger partial charge in [0.15, 0.2) is 0 Å². The summed E-state index contributed by atoms with van der Waals surface area (Å²) in [6, 6.07) is 19.4. The van der Waals surface area contributed by atoms with Gasteiger partial charge in [-0.05, 0) is 31.5 Å². The summed E-state index contributed by atoms with van der Waals surface area (Å²) in [5, 5.41) is -0.397. The van der Waals surface area contributed by atoms with Crippen molar-refractivity contribution in [3.8, 4) is 5.69 Å². The number of nitrogens with zero attached hydrogens (tertiary/aromatic N) is 3. The van der Waals surface area contributed by atoms with Crippen LogP contribution in [0, 0.1) is 6.92 Å². The average molecular weight is 379 g/mol. The van der Waals surface area contributed by atoms with Crippen LogP contribution in [0.3, 0.4) is 0 Å². The monoisotopic (exact) mass is 379 g/mol. The summed E-state index contributed by atoms with van der Waals surface area (Å²) in [6.07, 6.45) is 0. The third-order valence-corrected chi connectivity index (χ3v) is 6.35. The molecule has 1 fully saturated rings. The number of hydrogen-bond donors (Lipinski definition) is 0. The van der Waals surface area contributed by atoms with Gasteiger partial charge in [0, 0.05) is 7.05 Å². The van der Waals surface area contributed by atoms with Crippen molar-refractivity contribution in [1.29, 1.82) is 0 Å². The van der Waals surface area contributed by atoms with E-state index in [-0.39, 0.29) is 22.1 Å². The molecule has 4 rings (SSSR count). The molecular formula is C21H21N3O2S. The van der Waals surface area contributed by atoms with Gasteiger partial charge < -0.3 is 0 Å². The molecule has 0 spiro atoms. The number of amides is 1. The highest BCUT2D eigenvalue weighted by atomic mass is 32.2. The zero-order chi connectivity index (χ0) is 19.1. The molecule has 2 heterocycles. The molecule has 0 radical (unpaired) electrons. The summed E-state index contributed by atoms with van der Waals surface area (Å²) in [5.41, 5.74) is 2.85. The molecule has 0 N–H and O–H groups in total. The SMILES string of the molecule is Cc1c(N2C(=O)[C@H](C)S[C@H]2c2ccccc2)c(=O)n(-c2ccccc2)n1C. The highest BCUT2D eigenvalue weighted by Gasteiger charge is 2.42. The number of para-hydroxylation sites is 1. The fourth-order valence-corrected chi connectivity index (χ4v) is 4.79. The lowest BCUT2D eigenvalue weighted by Crippen LogP contribution is -2.34. The largest absolute Gasteiger partial charge is 0.295 e. The van der Waals surface area contributed by atoms with E-state index in [1.165, 1.54) is 0 Å². The third-order valence-electron chi connectivity index (χ3n) is 5.00. The minimum atomic E-state index is -0.202. The second kappa shape index (κ2) is 6.78. The van der Waals surface area contributed by atoms with Gasteiger partial charge >= 0.3 is 0 Å². The van der Waals surface area contributed by atoms with Gasteiger partial charge in [-0.3, -0.25) is 19.2 Å². The first-order valence-corrected chi connectivity index (χ1v) is 9.82. The highest BCUT2D eigenvalue weighted by Crippen LogP contribution is 2.45. The number of rotatable bonds is 3. The molecule has 0 saturated carbocycles. The van der Waals surface area contributed by atoms with Crippen LogP contribution in [-0.4, -0.2) is 20.5 Å². The minimum absolute atomic E-state index is 0.0279. The van der Waals surface area contributed by atoms with E-state index in [4.69, 9.17) is 0 Å². The van der Waals surface area contributed by atoms with Gasteiger partial charge in [-0.15, -0.1) is 11.8 Å². The Kier molecular flexibility index (Phi) is 4.44. The number of hydrogen-bond acceptors (Lipinski definition) is 3. The van der Waals surface area contributed by atoms with E-state index < -0.39 is 0 Å². The highest BCUT2D eigenvalue weighted by molar-refractivity contribution is 8.01. The summed E-state index contributed by atoms with van der Waals surface area (Å²) in [6.45, 7) is 3.79. The van der Waals surface area contributed by atoms with Gasteiger partial charge in [0.25, 0.3) is 5.56 Å². The Morgan fingerprint density at radius 3 is 2.15 bits per heavy atom. The van der Waals surface area contributed by atoms with E-state index in [2.05, 4.69) is 0 Å². The Labute approximate surface area is 162 Å². The van der Waals surface area contributed by atoms with Gasteiger partial charge in [0.2, 0.25) is 5.91 Å². The molecule has 3 aromatic rings. The van der Waals surface area contributed by atoms with Crippen LogP contribution in [-0.2, 0) is 11.8 Å². The van der Waals surface area contributed by atoms with Gasteiger partial charge in [0.05, 0.1) is 16.6 Å². The first kappa shape index (κ1) is 17.7. The lowest BCUT2D eigenvalue weighted by Gasteiger charge is -2.23. The lowest BCUT2D eigenvalue weighted by molar-refractivity contribution is -0.117. The first-order chi connectivity index (χ1) is 13.0. The van der Waals surface area contributed by atoms with Crippen LogP contribution in [0.1, 0.15) is 23.6 Å². The van der Waals surface area contributed by atoms with Crippen molar-refractivity contribution < 1.29 is 4.79 Å². The van der Waals surface area contributed by atoms with Crippen molar-refractivity contribution in [3.05, 3.63) is 82.3 Å². The average Bonchev–Trinajstić information content (AvgIpc) is 3.10. The molecule has 0 aliphatic carbocycles. The molecule has 2 atom stereocenters. The smallest absolute Gasteiger partial charge is 0.288 e. The van der Waals surface area contributed by atoms with Crippen molar-refractivity contribution in [2.45, 2.75) is 24.5 Å². The van der Waals surface area contributed by atoms with Gasteiger partial charge in [-0.2, -0.15) is 0 Å². The molecule has 6 heteroatoms. The van der Waals surface area contributed by atoms with E-state index in [1.54, 1.807) is 21.3 Å². The molecule has 1 amide bonds. The van der Waals surface area contributed by atoms with E-state index in [0.29, 0.717) is 5.69 Å². The van der Waals surface area contributed by atoms with Gasteiger partial charge in [-0.1, -0.05) is 48.5 Å². The van der Waals surface area contributed by atoms with Crippen molar-refractivity contribution in [2.24, 2.45) is 7.05 Å². The van der Waals surface area contributed by atoms with Gasteiger partial charge in [0.1, 0.15) is 11.1 Å². The fraction of sp³-hybridized carbons (Fsp3) is 0.238. The molecule has 1 aliphatic heterocycles. The molecule has 138 valence electrons. The van der Waals surface area contributed by atoms with Crippen molar-refractivity contribution in [2.75, 3.05) is 4.90 Å². The van der Waals surface area contributed by atoms with Crippen LogP contribution in [0.4, 0.5) is 5.69 Å². The summed E-state index contributed by atoms with van der Waals surface area (Å²) >= 11 is 1.58. The molecule has 1 saturated heterocycles. The summed E-state index contributed by atoms with van der Waals surface area (Å²) in [4.78, 5) is 28.0. The number of carbonyl (C=O) groups excluding carboxylic acids is 1. The van der Waals surface area contributed by atoms with Crippen molar-refractivity contribution in [3.63, 3.8) is 0 Å². The number of anilines is 1. The second-order valence-corrected chi connectivity index (χ2v) is 8.09. The normalized spacial score (nSPS) is 19.7. The van der Waals surface area contributed by atoms with Crippen LogP contribution < -0.4 is 10.5 Å². The van der Waals surface area contributed by atoms with Crippen molar-refractivity contribution >= 4 is 23.4 Å². The molecule has 1 aromatic heterocycles. The summed E-state index contributed by atoms with van der Waals surface area (Å²) < 4.78 is 3.43. The van der Waals surface area contributed by atoms with E-state index in [9.17, 15) is 9.59 Å². The lowest BCUT2D eigenvalue weighted by atomic mass is 10.2. The standard InChI is InChI=1S/C21H21N3O2S/c1-14-18(20(26)24(22(14)3)17-12-8-5-9-13-17)23-19(25)15(2)27-21(23)16-10-6-4-7-11-16/h4-13,15,21H,1-3H3/t15-,21-/m0/s1. The van der Waals surface area contributed by atoms with E-state index >= 15 is 0 Å². The minimum Gasteiger partial charge on any atom is -0.288 e. The van der Waals surface area contributed by atoms with Crippen LogP contribution in [0.15, 0.2) is 65.5 Å². The Balaban J connectivity index is 1.90. The van der Waals surface area contributed by atoms with Crippen LogP contribution in [0.5, 0.6) is 0 Å². The van der Waals surface area contributed by atoms with E-state index in [1.807, 2.05) is 86.2 Å². The van der Waals surface area contributed by atoms with Crippen LogP contribution in [0.25, 0.3) is 5.69 Å². The fourth-order valence-electron chi connectivity index (χ4n) is 3.53. The first-order valence-electron chi connectivity index (χ1n) is 8.88. The predicted molar refractivity (Wildman–Crippen MR) is 109 cm³/mol. The third kappa shape index (κ3) is 2.80. The Morgan fingerprint density at radius 2 is 1.52 bits per heavy atom. The quantitative estimate of drug-likeness (QED) is 0.698. The number of aromatic nitrogens is 2. The summed E-state index contributed by atoms with van der Waals surface area (Å²) in [7, 11) is 1.85. The Hall–Kier alpha value is -2.73. The molecule has 0 unspecified atom stereocenters.